The molecule has 1 heterocycles. The molecule has 0 aliphatic carbocycles. The maximum Gasteiger partial charge on any atom is 0.254 e. The second kappa shape index (κ2) is 7.40. The summed E-state index contributed by atoms with van der Waals surface area (Å²) < 4.78 is 1.33. The van der Waals surface area contributed by atoms with Crippen molar-refractivity contribution in [3.63, 3.8) is 0 Å². The van der Waals surface area contributed by atoms with Gasteiger partial charge in [0.2, 0.25) is 5.95 Å². The summed E-state index contributed by atoms with van der Waals surface area (Å²) in [7, 11) is 1.61. The van der Waals surface area contributed by atoms with Crippen LogP contribution in [0.4, 0.5) is 5.95 Å². The molecular weight excluding hydrogens is 322 g/mol. The van der Waals surface area contributed by atoms with Gasteiger partial charge in [0, 0.05) is 19.0 Å². The molecule has 3 rings (SSSR count). The second-order valence-corrected chi connectivity index (χ2v) is 6.55. The molecule has 3 aromatic rings. The minimum Gasteiger partial charge on any atom is -0.369 e. The Labute approximate surface area is 153 Å². The predicted octanol–water partition coefficient (Wildman–Crippen LogP) is 3.85. The molecule has 0 amide bonds. The summed E-state index contributed by atoms with van der Waals surface area (Å²) in [6, 6.07) is 18.4. The van der Waals surface area contributed by atoms with Gasteiger partial charge in [-0.15, -0.1) is 6.58 Å². The van der Waals surface area contributed by atoms with Crippen molar-refractivity contribution in [3.8, 4) is 11.1 Å². The highest BCUT2D eigenvalue weighted by Gasteiger charge is 2.13. The lowest BCUT2D eigenvalue weighted by Crippen LogP contribution is -2.22. The molecule has 26 heavy (non-hydrogen) atoms. The molecule has 1 aromatic heterocycles. The maximum atomic E-state index is 12.0. The lowest BCUT2D eigenvalue weighted by molar-refractivity contribution is 0.760. The number of rotatable bonds is 5. The average molecular weight is 345 g/mol. The van der Waals surface area contributed by atoms with Crippen LogP contribution in [-0.4, -0.2) is 9.55 Å². The van der Waals surface area contributed by atoms with E-state index in [-0.39, 0.29) is 17.4 Å². The smallest absolute Gasteiger partial charge is 0.254 e. The monoisotopic (exact) mass is 345 g/mol. The number of nitrogens with zero attached hydrogens (tertiary/aromatic N) is 2. The molecule has 4 nitrogen and oxygen atoms in total. The maximum absolute atomic E-state index is 12.0. The molecule has 0 saturated heterocycles. The van der Waals surface area contributed by atoms with Crippen molar-refractivity contribution >= 4 is 5.95 Å². The fraction of sp³-hybridized carbons (Fsp3) is 0.182. The first-order valence-electron chi connectivity index (χ1n) is 8.60. The lowest BCUT2D eigenvalue weighted by Gasteiger charge is -2.14. The Morgan fingerprint density at radius 1 is 1.15 bits per heavy atom. The van der Waals surface area contributed by atoms with E-state index < -0.39 is 0 Å². The standard InChI is InChI=1S/C22H23N3O/c1-4-17(20-14-21(26)25(3)22(23)24-20)13-16-8-10-18(11-9-16)19-7-5-6-15(2)12-19/h4-12,14,17H,1,13H2,2-3H3,(H2,23,24)/t17-/m0/s1. The van der Waals surface area contributed by atoms with Gasteiger partial charge in [0.1, 0.15) is 0 Å². The summed E-state index contributed by atoms with van der Waals surface area (Å²) in [4.78, 5) is 16.3. The molecule has 0 unspecified atom stereocenters. The highest BCUT2D eigenvalue weighted by molar-refractivity contribution is 5.64. The van der Waals surface area contributed by atoms with E-state index in [0.717, 1.165) is 12.0 Å². The molecule has 2 N–H and O–H groups in total. The van der Waals surface area contributed by atoms with E-state index in [0.29, 0.717) is 5.69 Å². The minimum absolute atomic E-state index is 0.0592. The van der Waals surface area contributed by atoms with Gasteiger partial charge in [0.15, 0.2) is 0 Å². The molecule has 0 spiro atoms. The van der Waals surface area contributed by atoms with Crippen molar-refractivity contribution in [2.24, 2.45) is 7.05 Å². The van der Waals surface area contributed by atoms with E-state index in [9.17, 15) is 4.79 Å². The molecule has 0 fully saturated rings. The fourth-order valence-electron chi connectivity index (χ4n) is 2.99. The van der Waals surface area contributed by atoms with Gasteiger partial charge in [-0.2, -0.15) is 0 Å². The van der Waals surface area contributed by atoms with Crippen LogP contribution in [0.15, 0.2) is 72.0 Å². The van der Waals surface area contributed by atoms with Gasteiger partial charge < -0.3 is 5.73 Å². The number of aromatic nitrogens is 2. The molecule has 0 bridgehead atoms. The van der Waals surface area contributed by atoms with Gasteiger partial charge in [-0.3, -0.25) is 9.36 Å². The zero-order chi connectivity index (χ0) is 18.7. The Balaban J connectivity index is 1.83. The van der Waals surface area contributed by atoms with Crippen LogP contribution in [0.2, 0.25) is 0 Å². The third kappa shape index (κ3) is 3.75. The van der Waals surface area contributed by atoms with Crippen molar-refractivity contribution in [2.75, 3.05) is 5.73 Å². The zero-order valence-electron chi connectivity index (χ0n) is 15.1. The summed E-state index contributed by atoms with van der Waals surface area (Å²) in [5.41, 5.74) is 11.1. The molecule has 132 valence electrons. The van der Waals surface area contributed by atoms with Gasteiger partial charge >= 0.3 is 0 Å². The molecular formula is C22H23N3O. The van der Waals surface area contributed by atoms with Crippen LogP contribution in [0.5, 0.6) is 0 Å². The zero-order valence-corrected chi connectivity index (χ0v) is 15.1. The number of allylic oxidation sites excluding steroid dienone is 1. The van der Waals surface area contributed by atoms with Crippen LogP contribution in [0.25, 0.3) is 11.1 Å². The van der Waals surface area contributed by atoms with E-state index in [1.807, 2.05) is 6.08 Å². The highest BCUT2D eigenvalue weighted by atomic mass is 16.1. The summed E-state index contributed by atoms with van der Waals surface area (Å²) in [6.07, 6.45) is 2.53. The van der Waals surface area contributed by atoms with Crippen molar-refractivity contribution in [2.45, 2.75) is 19.3 Å². The van der Waals surface area contributed by atoms with Crippen molar-refractivity contribution in [1.29, 1.82) is 0 Å². The number of hydrogen-bond donors (Lipinski definition) is 1. The third-order valence-corrected chi connectivity index (χ3v) is 4.61. The Bertz CT molecular complexity index is 987. The Kier molecular flexibility index (Phi) is 5.03. The van der Waals surface area contributed by atoms with Crippen LogP contribution in [-0.2, 0) is 13.5 Å². The van der Waals surface area contributed by atoms with Crippen LogP contribution >= 0.6 is 0 Å². The number of hydrogen-bond acceptors (Lipinski definition) is 3. The normalized spacial score (nSPS) is 11.9. The summed E-state index contributed by atoms with van der Waals surface area (Å²) >= 11 is 0. The first-order valence-corrected chi connectivity index (χ1v) is 8.60. The quantitative estimate of drug-likeness (QED) is 0.715. The van der Waals surface area contributed by atoms with Crippen LogP contribution in [0, 0.1) is 6.92 Å². The first-order chi connectivity index (χ1) is 12.5. The van der Waals surface area contributed by atoms with Crippen LogP contribution < -0.4 is 11.3 Å². The topological polar surface area (TPSA) is 60.9 Å². The van der Waals surface area contributed by atoms with Gasteiger partial charge in [0.25, 0.3) is 5.56 Å². The SMILES string of the molecule is C=C[C@@H](Cc1ccc(-c2cccc(C)c2)cc1)c1cc(=O)n(C)c(N)n1. The molecule has 4 heteroatoms. The number of aryl methyl sites for hydroxylation is 1. The van der Waals surface area contributed by atoms with Gasteiger partial charge in [-0.25, -0.2) is 4.98 Å². The molecule has 0 aliphatic rings. The second-order valence-electron chi connectivity index (χ2n) is 6.55. The van der Waals surface area contributed by atoms with Crippen LogP contribution in [0.3, 0.4) is 0 Å². The van der Waals surface area contributed by atoms with E-state index in [4.69, 9.17) is 5.73 Å². The molecule has 2 aromatic carbocycles. The van der Waals surface area contributed by atoms with E-state index >= 15 is 0 Å². The Hall–Kier alpha value is -3.14. The van der Waals surface area contributed by atoms with Crippen molar-refractivity contribution in [1.82, 2.24) is 9.55 Å². The van der Waals surface area contributed by atoms with Crippen molar-refractivity contribution < 1.29 is 0 Å². The summed E-state index contributed by atoms with van der Waals surface area (Å²) in [5.74, 6) is 0.158. The average Bonchev–Trinajstić information content (AvgIpc) is 2.64. The molecule has 1 atom stereocenters. The summed E-state index contributed by atoms with van der Waals surface area (Å²) in [6.45, 7) is 5.99. The predicted molar refractivity (Wildman–Crippen MR) is 107 cm³/mol. The van der Waals surface area contributed by atoms with E-state index in [1.54, 1.807) is 7.05 Å². The number of benzene rings is 2. The largest absolute Gasteiger partial charge is 0.369 e. The summed E-state index contributed by atoms with van der Waals surface area (Å²) in [5, 5.41) is 0. The number of anilines is 1. The highest BCUT2D eigenvalue weighted by Crippen LogP contribution is 2.24. The van der Waals surface area contributed by atoms with Crippen LogP contribution in [0.1, 0.15) is 22.7 Å². The minimum atomic E-state index is -0.158. The molecule has 0 saturated carbocycles. The van der Waals surface area contributed by atoms with Crippen molar-refractivity contribution in [3.05, 3.63) is 94.4 Å². The number of nitrogens with two attached hydrogens (primary N) is 1. The van der Waals surface area contributed by atoms with Gasteiger partial charge in [-0.1, -0.05) is 60.2 Å². The number of nitrogen functional groups attached to an aromatic ring is 1. The first kappa shape index (κ1) is 17.7. The Morgan fingerprint density at radius 3 is 2.50 bits per heavy atom. The Morgan fingerprint density at radius 2 is 1.88 bits per heavy atom. The third-order valence-electron chi connectivity index (χ3n) is 4.61. The molecule has 0 aliphatic heterocycles. The van der Waals surface area contributed by atoms with Gasteiger partial charge in [-0.05, 0) is 30.0 Å². The van der Waals surface area contributed by atoms with E-state index in [2.05, 4.69) is 67.0 Å². The van der Waals surface area contributed by atoms with Gasteiger partial charge in [0.05, 0.1) is 5.69 Å². The fourth-order valence-corrected chi connectivity index (χ4v) is 2.99. The molecule has 0 radical (unpaired) electrons. The van der Waals surface area contributed by atoms with E-state index in [1.165, 1.54) is 27.3 Å². The lowest BCUT2D eigenvalue weighted by atomic mass is 9.94.